The van der Waals surface area contributed by atoms with E-state index in [9.17, 15) is 14.7 Å². The Morgan fingerprint density at radius 1 is 1.03 bits per heavy atom. The smallest absolute Gasteiger partial charge is 0.279 e. The number of halogens is 1. The van der Waals surface area contributed by atoms with E-state index in [2.05, 4.69) is 26.3 Å². The predicted octanol–water partition coefficient (Wildman–Crippen LogP) is 4.01. The Kier molecular flexibility index (Phi) is 5.99. The second-order valence-corrected chi connectivity index (χ2v) is 10.1. The van der Waals surface area contributed by atoms with Crippen molar-refractivity contribution in [3.8, 4) is 5.88 Å². The minimum atomic E-state index is -0.625. The van der Waals surface area contributed by atoms with Gasteiger partial charge in [-0.25, -0.2) is 4.99 Å². The number of amides is 2. The van der Waals surface area contributed by atoms with Crippen LogP contribution in [0.1, 0.15) is 21.9 Å². The van der Waals surface area contributed by atoms with Crippen LogP contribution in [0.25, 0.3) is 5.57 Å². The molecule has 5 rings (SSSR count). The lowest BCUT2D eigenvalue weighted by atomic mass is 9.91. The predicted molar refractivity (Wildman–Crippen MR) is 136 cm³/mol. The van der Waals surface area contributed by atoms with Gasteiger partial charge in [0.1, 0.15) is 4.88 Å². The summed E-state index contributed by atoms with van der Waals surface area (Å²) in [4.78, 5) is 30.5. The number of rotatable bonds is 5. The summed E-state index contributed by atoms with van der Waals surface area (Å²) in [7, 11) is 0. The lowest BCUT2D eigenvalue weighted by Crippen LogP contribution is -2.29. The van der Waals surface area contributed by atoms with Gasteiger partial charge in [0.2, 0.25) is 5.88 Å². The lowest BCUT2D eigenvalue weighted by molar-refractivity contribution is -0.117. The molecule has 0 aliphatic carbocycles. The Bertz CT molecular complexity index is 1570. The monoisotopic (exact) mass is 549 g/mol. The summed E-state index contributed by atoms with van der Waals surface area (Å²) in [6.45, 7) is 0. The van der Waals surface area contributed by atoms with Crippen LogP contribution in [-0.4, -0.2) is 21.6 Å². The number of thiazole rings is 1. The van der Waals surface area contributed by atoms with Crippen LogP contribution >= 0.6 is 39.5 Å². The third-order valence-electron chi connectivity index (χ3n) is 5.43. The van der Waals surface area contributed by atoms with E-state index in [1.165, 1.54) is 0 Å². The Hall–Kier alpha value is -3.40. The van der Waals surface area contributed by atoms with Crippen LogP contribution in [0.4, 0.5) is 0 Å². The minimum absolute atomic E-state index is 0.199. The molecule has 0 bridgehead atoms. The lowest BCUT2D eigenvalue weighted by Gasteiger charge is -2.18. The van der Waals surface area contributed by atoms with Crippen molar-refractivity contribution < 1.29 is 14.7 Å². The Balaban J connectivity index is 1.57. The largest absolute Gasteiger partial charge is 0.492 e. The molecule has 168 valence electrons. The molecule has 3 aromatic carbocycles. The van der Waals surface area contributed by atoms with Crippen molar-refractivity contribution in [2.24, 2.45) is 4.99 Å². The van der Waals surface area contributed by atoms with E-state index in [0.717, 1.165) is 31.6 Å². The number of nitrogens with one attached hydrogen (secondary N) is 1. The van der Waals surface area contributed by atoms with Gasteiger partial charge in [0.15, 0.2) is 3.95 Å². The molecule has 1 aromatic heterocycles. The van der Waals surface area contributed by atoms with Crippen LogP contribution in [-0.2, 0) is 9.59 Å². The molecule has 1 aliphatic rings. The molecule has 6 nitrogen and oxygen atoms in total. The van der Waals surface area contributed by atoms with Crippen LogP contribution in [0.5, 0.6) is 5.88 Å². The molecule has 0 saturated carbocycles. The summed E-state index contributed by atoms with van der Waals surface area (Å²) in [5.41, 5.74) is 4.58. The highest BCUT2D eigenvalue weighted by Crippen LogP contribution is 2.33. The number of benzene rings is 3. The van der Waals surface area contributed by atoms with Gasteiger partial charge in [-0.2, -0.15) is 4.68 Å². The molecule has 2 heterocycles. The Labute approximate surface area is 211 Å². The van der Waals surface area contributed by atoms with Crippen molar-refractivity contribution in [2.75, 3.05) is 5.43 Å². The van der Waals surface area contributed by atoms with Crippen LogP contribution in [0.15, 0.2) is 88.3 Å². The first-order valence-corrected chi connectivity index (χ1v) is 12.2. The highest BCUT2D eigenvalue weighted by molar-refractivity contribution is 9.10. The summed E-state index contributed by atoms with van der Waals surface area (Å²) < 4.78 is 2.12. The minimum Gasteiger partial charge on any atom is -0.492 e. The average molecular weight is 550 g/mol. The van der Waals surface area contributed by atoms with E-state index in [0.29, 0.717) is 10.6 Å². The van der Waals surface area contributed by atoms with Crippen LogP contribution < -0.4 is 16.0 Å². The van der Waals surface area contributed by atoms with Gasteiger partial charge in [-0.05, 0) is 41.5 Å². The van der Waals surface area contributed by atoms with Crippen molar-refractivity contribution in [2.45, 2.75) is 5.92 Å². The molecular weight excluding hydrogens is 534 g/mol. The van der Waals surface area contributed by atoms with E-state index in [1.54, 1.807) is 18.2 Å². The molecular formula is C25H16BrN3O3S2. The molecule has 1 aliphatic heterocycles. The summed E-state index contributed by atoms with van der Waals surface area (Å²) in [5, 5.41) is 12.1. The van der Waals surface area contributed by atoms with Crippen LogP contribution in [0.3, 0.4) is 0 Å². The maximum atomic E-state index is 13.5. The quantitative estimate of drug-likeness (QED) is 0.368. The zero-order valence-electron chi connectivity index (χ0n) is 17.4. The first kappa shape index (κ1) is 22.4. The molecule has 0 radical (unpaired) electrons. The van der Waals surface area contributed by atoms with Crippen molar-refractivity contribution in [3.63, 3.8) is 0 Å². The highest BCUT2D eigenvalue weighted by atomic mass is 79.9. The maximum absolute atomic E-state index is 13.5. The fraction of sp³-hybridized carbons (Fsp3) is 0.0400. The summed E-state index contributed by atoms with van der Waals surface area (Å²) in [5.74, 6) is -1.78. The first-order valence-electron chi connectivity index (χ1n) is 10.2. The number of carbonyl (C=O) groups is 2. The highest BCUT2D eigenvalue weighted by Gasteiger charge is 2.28. The van der Waals surface area contributed by atoms with Gasteiger partial charge in [-0.3, -0.25) is 15.0 Å². The maximum Gasteiger partial charge on any atom is 0.279 e. The number of nitrogens with zero attached hydrogens (tertiary/aromatic N) is 2. The number of aromatic nitrogens is 1. The van der Waals surface area contributed by atoms with E-state index in [1.807, 2.05) is 60.7 Å². The van der Waals surface area contributed by atoms with Gasteiger partial charge >= 0.3 is 0 Å². The topological polar surface area (TPSA) is 83.7 Å². The third-order valence-corrected chi connectivity index (χ3v) is 7.30. The zero-order valence-corrected chi connectivity index (χ0v) is 20.7. The number of aromatic hydroxyl groups is 1. The number of hydrogen-bond acceptors (Lipinski definition) is 5. The molecule has 0 saturated heterocycles. The molecule has 34 heavy (non-hydrogen) atoms. The third kappa shape index (κ3) is 4.02. The first-order chi connectivity index (χ1) is 16.4. The second-order valence-electron chi connectivity index (χ2n) is 7.54. The van der Waals surface area contributed by atoms with Gasteiger partial charge < -0.3 is 5.11 Å². The SMILES string of the molecule is O=C1N=c2ccc(Br)cc2=C1c1sc(=S)n(NC(=O)C(c2ccccc2)c2ccccc2)c1O. The Morgan fingerprint density at radius 3 is 2.26 bits per heavy atom. The van der Waals surface area contributed by atoms with Crippen molar-refractivity contribution in [1.29, 1.82) is 0 Å². The van der Waals surface area contributed by atoms with Gasteiger partial charge in [0.05, 0.1) is 16.8 Å². The number of hydrogen-bond donors (Lipinski definition) is 2. The van der Waals surface area contributed by atoms with E-state index in [4.69, 9.17) is 12.2 Å². The zero-order chi connectivity index (χ0) is 23.8. The average Bonchev–Trinajstić information content (AvgIpc) is 3.30. The van der Waals surface area contributed by atoms with E-state index >= 15 is 0 Å². The summed E-state index contributed by atoms with van der Waals surface area (Å²) in [6, 6.07) is 24.0. The summed E-state index contributed by atoms with van der Waals surface area (Å²) in [6.07, 6.45) is 0. The molecule has 0 spiro atoms. The van der Waals surface area contributed by atoms with Gasteiger partial charge in [0, 0.05) is 9.69 Å². The molecule has 9 heteroatoms. The van der Waals surface area contributed by atoms with Crippen LogP contribution in [0.2, 0.25) is 0 Å². The molecule has 0 atom stereocenters. The molecule has 2 N–H and O–H groups in total. The normalized spacial score (nSPS) is 12.5. The van der Waals surface area contributed by atoms with Gasteiger partial charge in [0.25, 0.3) is 11.8 Å². The van der Waals surface area contributed by atoms with Gasteiger partial charge in [-0.15, -0.1) is 0 Å². The molecule has 2 amide bonds. The standard InChI is InChI=1S/C25H16BrN3O3S2/c26-16-11-12-18-17(13-16)20(22(30)27-18)21-24(32)29(25(33)34-21)28-23(31)19(14-7-3-1-4-8-14)15-9-5-2-6-10-15/h1-13,19,32H,(H,28,31). The van der Waals surface area contributed by atoms with Crippen LogP contribution in [0, 0.1) is 3.95 Å². The fourth-order valence-corrected chi connectivity index (χ4v) is 5.52. The van der Waals surface area contributed by atoms with Crippen molar-refractivity contribution in [1.82, 2.24) is 4.68 Å². The molecule has 0 fully saturated rings. The molecule has 0 unspecified atom stereocenters. The molecule has 4 aromatic rings. The number of carbonyl (C=O) groups excluding carboxylic acids is 2. The van der Waals surface area contributed by atoms with E-state index < -0.39 is 11.8 Å². The van der Waals surface area contributed by atoms with Gasteiger partial charge in [-0.1, -0.05) is 87.9 Å². The fourth-order valence-electron chi connectivity index (χ4n) is 3.89. The van der Waals surface area contributed by atoms with Crippen molar-refractivity contribution in [3.05, 3.63) is 114 Å². The van der Waals surface area contributed by atoms with E-state index in [-0.39, 0.29) is 26.2 Å². The summed E-state index contributed by atoms with van der Waals surface area (Å²) >= 11 is 9.88. The Morgan fingerprint density at radius 2 is 1.65 bits per heavy atom. The second kappa shape index (κ2) is 9.09. The van der Waals surface area contributed by atoms with Crippen molar-refractivity contribution >= 4 is 56.9 Å². The number of fused-ring (bicyclic) bond motifs is 1.